The highest BCUT2D eigenvalue weighted by molar-refractivity contribution is 6.06. The van der Waals surface area contributed by atoms with Crippen molar-refractivity contribution in [3.8, 4) is 0 Å². The van der Waals surface area contributed by atoms with Crippen molar-refractivity contribution in [2.24, 2.45) is 0 Å². The SMILES string of the molecule is COC[C@]1(C)NC(=O)N(C[C@@H](O)c2ccc(F)c(F)c2)C1=O. The Morgan fingerprint density at radius 3 is 2.64 bits per heavy atom. The predicted molar refractivity (Wildman–Crippen MR) is 71.8 cm³/mol. The molecule has 2 rings (SSSR count). The molecule has 120 valence electrons. The second-order valence-electron chi connectivity index (χ2n) is 5.30. The van der Waals surface area contributed by atoms with Gasteiger partial charge in [0.05, 0.1) is 19.3 Å². The summed E-state index contributed by atoms with van der Waals surface area (Å²) in [5.74, 6) is -2.71. The van der Waals surface area contributed by atoms with Crippen LogP contribution in [0.5, 0.6) is 0 Å². The third kappa shape index (κ3) is 2.93. The normalized spacial score (nSPS) is 22.9. The van der Waals surface area contributed by atoms with Crippen molar-refractivity contribution in [3.63, 3.8) is 0 Å². The molecule has 2 N–H and O–H groups in total. The van der Waals surface area contributed by atoms with E-state index < -0.39 is 35.2 Å². The van der Waals surface area contributed by atoms with Gasteiger partial charge in [0, 0.05) is 7.11 Å². The van der Waals surface area contributed by atoms with Crippen LogP contribution < -0.4 is 5.32 Å². The third-order valence-electron chi connectivity index (χ3n) is 3.46. The Hall–Kier alpha value is -2.06. The molecule has 0 bridgehead atoms. The van der Waals surface area contributed by atoms with Crippen molar-refractivity contribution < 1.29 is 28.2 Å². The second-order valence-corrected chi connectivity index (χ2v) is 5.30. The molecule has 1 heterocycles. The van der Waals surface area contributed by atoms with E-state index in [9.17, 15) is 23.5 Å². The summed E-state index contributed by atoms with van der Waals surface area (Å²) in [5.41, 5.74) is -1.14. The number of β-amino-alcohol motifs (C(OH)–C–C–N with tert-alkyl or cyclic N) is 1. The van der Waals surface area contributed by atoms with Crippen molar-refractivity contribution in [1.82, 2.24) is 10.2 Å². The Labute approximate surface area is 125 Å². The Morgan fingerprint density at radius 2 is 2.05 bits per heavy atom. The summed E-state index contributed by atoms with van der Waals surface area (Å²) in [5, 5.41) is 12.5. The molecule has 6 nitrogen and oxygen atoms in total. The highest BCUT2D eigenvalue weighted by Crippen LogP contribution is 2.23. The minimum absolute atomic E-state index is 0.0185. The fourth-order valence-corrected chi connectivity index (χ4v) is 2.30. The van der Waals surface area contributed by atoms with Crippen LogP contribution in [0.25, 0.3) is 0 Å². The zero-order valence-electron chi connectivity index (χ0n) is 12.1. The standard InChI is InChI=1S/C14H16F2N2O4/c1-14(7-22-2)12(20)18(13(21)17-14)6-11(19)8-3-4-9(15)10(16)5-8/h3-5,11,19H,6-7H2,1-2H3,(H,17,21)/t11-,14+/m1/s1. The van der Waals surface area contributed by atoms with Crippen molar-refractivity contribution in [3.05, 3.63) is 35.4 Å². The third-order valence-corrected chi connectivity index (χ3v) is 3.46. The lowest BCUT2D eigenvalue weighted by atomic mass is 10.0. The number of urea groups is 1. The average Bonchev–Trinajstić information content (AvgIpc) is 2.65. The Balaban J connectivity index is 2.14. The van der Waals surface area contributed by atoms with Gasteiger partial charge in [-0.15, -0.1) is 0 Å². The van der Waals surface area contributed by atoms with Gasteiger partial charge in [-0.1, -0.05) is 6.07 Å². The summed E-state index contributed by atoms with van der Waals surface area (Å²) in [7, 11) is 1.39. The molecule has 0 unspecified atom stereocenters. The summed E-state index contributed by atoms with van der Waals surface area (Å²) < 4.78 is 30.9. The van der Waals surface area contributed by atoms with Crippen LogP contribution in [0.1, 0.15) is 18.6 Å². The van der Waals surface area contributed by atoms with Crippen LogP contribution in [0.3, 0.4) is 0 Å². The molecule has 2 atom stereocenters. The molecule has 1 fully saturated rings. The topological polar surface area (TPSA) is 78.9 Å². The minimum Gasteiger partial charge on any atom is -0.387 e. The van der Waals surface area contributed by atoms with Crippen molar-refractivity contribution >= 4 is 11.9 Å². The lowest BCUT2D eigenvalue weighted by molar-refractivity contribution is -0.133. The summed E-state index contributed by atoms with van der Waals surface area (Å²) >= 11 is 0. The van der Waals surface area contributed by atoms with Crippen LogP contribution in [-0.4, -0.2) is 47.7 Å². The van der Waals surface area contributed by atoms with Gasteiger partial charge in [-0.25, -0.2) is 13.6 Å². The first kappa shape index (κ1) is 16.3. The molecule has 0 aromatic heterocycles. The van der Waals surface area contributed by atoms with E-state index in [1.165, 1.54) is 20.1 Å². The number of ether oxygens (including phenoxy) is 1. The number of amides is 3. The van der Waals surface area contributed by atoms with E-state index in [2.05, 4.69) is 5.32 Å². The highest BCUT2D eigenvalue weighted by Gasteiger charge is 2.48. The van der Waals surface area contributed by atoms with Crippen LogP contribution >= 0.6 is 0 Å². The Kier molecular flexibility index (Phi) is 4.43. The number of benzene rings is 1. The first-order chi connectivity index (χ1) is 10.3. The monoisotopic (exact) mass is 314 g/mol. The van der Waals surface area contributed by atoms with Gasteiger partial charge < -0.3 is 15.2 Å². The zero-order chi connectivity index (χ0) is 16.5. The summed E-state index contributed by atoms with van der Waals surface area (Å²) in [4.78, 5) is 24.9. The molecule has 1 aromatic carbocycles. The van der Waals surface area contributed by atoms with Gasteiger partial charge >= 0.3 is 6.03 Å². The van der Waals surface area contributed by atoms with E-state index >= 15 is 0 Å². The second kappa shape index (κ2) is 5.98. The van der Waals surface area contributed by atoms with E-state index in [1.807, 2.05) is 0 Å². The van der Waals surface area contributed by atoms with Crippen LogP contribution in [0.2, 0.25) is 0 Å². The smallest absolute Gasteiger partial charge is 0.325 e. The molecule has 0 saturated carbocycles. The number of carbonyl (C=O) groups is 2. The summed E-state index contributed by atoms with van der Waals surface area (Å²) in [6, 6.07) is 2.21. The zero-order valence-corrected chi connectivity index (χ0v) is 12.1. The molecule has 22 heavy (non-hydrogen) atoms. The lowest BCUT2D eigenvalue weighted by Crippen LogP contribution is -2.48. The number of nitrogens with one attached hydrogen (secondary N) is 1. The maximum absolute atomic E-state index is 13.2. The minimum atomic E-state index is -1.32. The van der Waals surface area contributed by atoms with Crippen LogP contribution in [0, 0.1) is 11.6 Å². The van der Waals surface area contributed by atoms with Gasteiger partial charge in [0.2, 0.25) is 0 Å². The average molecular weight is 314 g/mol. The number of carbonyl (C=O) groups excluding carboxylic acids is 2. The maximum atomic E-state index is 13.2. The van der Waals surface area contributed by atoms with Crippen LogP contribution in [0.4, 0.5) is 13.6 Å². The first-order valence-electron chi connectivity index (χ1n) is 6.54. The first-order valence-corrected chi connectivity index (χ1v) is 6.54. The van der Waals surface area contributed by atoms with E-state index in [-0.39, 0.29) is 18.7 Å². The molecule has 0 aliphatic carbocycles. The van der Waals surface area contributed by atoms with Gasteiger partial charge in [-0.05, 0) is 24.6 Å². The Bertz CT molecular complexity index is 611. The number of hydrogen-bond donors (Lipinski definition) is 2. The van der Waals surface area contributed by atoms with Crippen molar-refractivity contribution in [2.45, 2.75) is 18.6 Å². The molecule has 0 radical (unpaired) electrons. The predicted octanol–water partition coefficient (Wildman–Crippen LogP) is 0.955. The largest absolute Gasteiger partial charge is 0.387 e. The van der Waals surface area contributed by atoms with Gasteiger partial charge in [0.25, 0.3) is 5.91 Å². The number of aliphatic hydroxyl groups is 1. The molecule has 1 aliphatic heterocycles. The molecular formula is C14H16F2N2O4. The molecule has 0 spiro atoms. The fourth-order valence-electron chi connectivity index (χ4n) is 2.30. The summed E-state index contributed by atoms with van der Waals surface area (Å²) in [6.45, 7) is 1.12. The Morgan fingerprint density at radius 1 is 1.36 bits per heavy atom. The quantitative estimate of drug-likeness (QED) is 0.793. The number of rotatable bonds is 5. The van der Waals surface area contributed by atoms with E-state index in [0.717, 1.165) is 17.0 Å². The van der Waals surface area contributed by atoms with Gasteiger partial charge in [0.15, 0.2) is 11.6 Å². The molecule has 1 aliphatic rings. The van der Waals surface area contributed by atoms with E-state index in [0.29, 0.717) is 0 Å². The molecule has 1 aromatic rings. The molecule has 3 amide bonds. The van der Waals surface area contributed by atoms with E-state index in [1.54, 1.807) is 0 Å². The van der Waals surface area contributed by atoms with Crippen molar-refractivity contribution in [1.29, 1.82) is 0 Å². The molecule has 8 heteroatoms. The summed E-state index contributed by atoms with van der Waals surface area (Å²) in [6.07, 6.45) is -1.32. The van der Waals surface area contributed by atoms with Crippen LogP contribution in [0.15, 0.2) is 18.2 Å². The van der Waals surface area contributed by atoms with E-state index in [4.69, 9.17) is 4.74 Å². The number of nitrogens with zero attached hydrogens (tertiary/aromatic N) is 1. The lowest BCUT2D eigenvalue weighted by Gasteiger charge is -2.21. The number of hydrogen-bond acceptors (Lipinski definition) is 4. The number of methoxy groups -OCH3 is 1. The molecular weight excluding hydrogens is 298 g/mol. The maximum Gasteiger partial charge on any atom is 0.325 e. The number of imide groups is 1. The van der Waals surface area contributed by atoms with Gasteiger partial charge in [-0.3, -0.25) is 9.69 Å². The number of halogens is 2. The highest BCUT2D eigenvalue weighted by atomic mass is 19.2. The fraction of sp³-hybridized carbons (Fsp3) is 0.429. The molecule has 1 saturated heterocycles. The number of aliphatic hydroxyl groups excluding tert-OH is 1. The van der Waals surface area contributed by atoms with Gasteiger partial charge in [-0.2, -0.15) is 0 Å². The van der Waals surface area contributed by atoms with Crippen LogP contribution in [-0.2, 0) is 9.53 Å². The van der Waals surface area contributed by atoms with Gasteiger partial charge in [0.1, 0.15) is 5.54 Å². The van der Waals surface area contributed by atoms with Crippen molar-refractivity contribution in [2.75, 3.05) is 20.3 Å².